The van der Waals surface area contributed by atoms with E-state index in [1.54, 1.807) is 40.6 Å². The topological polar surface area (TPSA) is 118 Å². The Labute approximate surface area is 171 Å². The SMILES string of the molecule is CNC(=O)NC(=O)[C@H](OC(=O)Cc1csc(N2CCCC2=O)n1)c1ccccc1. The fourth-order valence-electron chi connectivity index (χ4n) is 2.81. The minimum absolute atomic E-state index is 0.0171. The Bertz CT molecular complexity index is 914. The van der Waals surface area contributed by atoms with Crippen LogP contribution < -0.4 is 15.5 Å². The van der Waals surface area contributed by atoms with Crippen molar-refractivity contribution in [1.29, 1.82) is 0 Å². The minimum Gasteiger partial charge on any atom is -0.447 e. The monoisotopic (exact) mass is 416 g/mol. The second kappa shape index (κ2) is 9.28. The Morgan fingerprint density at radius 2 is 2.03 bits per heavy atom. The first-order valence-electron chi connectivity index (χ1n) is 8.99. The number of anilines is 1. The number of carbonyl (C=O) groups is 4. The highest BCUT2D eigenvalue weighted by molar-refractivity contribution is 7.14. The van der Waals surface area contributed by atoms with E-state index < -0.39 is 24.0 Å². The van der Waals surface area contributed by atoms with E-state index in [2.05, 4.69) is 15.6 Å². The predicted octanol–water partition coefficient (Wildman–Crippen LogP) is 1.55. The van der Waals surface area contributed by atoms with Crippen LogP contribution >= 0.6 is 11.3 Å². The van der Waals surface area contributed by atoms with Gasteiger partial charge in [0.1, 0.15) is 0 Å². The van der Waals surface area contributed by atoms with Gasteiger partial charge in [0.15, 0.2) is 5.13 Å². The molecule has 1 aromatic heterocycles. The second-order valence-electron chi connectivity index (χ2n) is 6.30. The number of aromatic nitrogens is 1. The first-order chi connectivity index (χ1) is 14.0. The Balaban J connectivity index is 1.68. The standard InChI is InChI=1S/C19H20N4O5S/c1-20-18(27)22-17(26)16(12-6-3-2-4-7-12)28-15(25)10-13-11-29-19(21-13)23-9-5-8-14(23)24/h2-4,6-7,11,16H,5,8-10H2,1H3,(H2,20,22,26,27)/t16-/m1/s1. The maximum Gasteiger partial charge on any atom is 0.321 e. The van der Waals surface area contributed by atoms with Gasteiger partial charge in [-0.1, -0.05) is 30.3 Å². The molecule has 0 saturated carbocycles. The molecule has 1 fully saturated rings. The summed E-state index contributed by atoms with van der Waals surface area (Å²) in [6.07, 6.45) is -0.153. The van der Waals surface area contributed by atoms with Gasteiger partial charge in [-0.2, -0.15) is 0 Å². The van der Waals surface area contributed by atoms with Crippen LogP contribution in [0, 0.1) is 0 Å². The van der Waals surface area contributed by atoms with Crippen molar-refractivity contribution in [1.82, 2.24) is 15.6 Å². The maximum absolute atomic E-state index is 12.4. The molecular weight excluding hydrogens is 396 g/mol. The Kier molecular flexibility index (Phi) is 6.55. The third kappa shape index (κ3) is 5.17. The molecule has 2 heterocycles. The van der Waals surface area contributed by atoms with E-state index in [0.29, 0.717) is 29.4 Å². The van der Waals surface area contributed by atoms with Crippen molar-refractivity contribution >= 4 is 40.3 Å². The van der Waals surface area contributed by atoms with Crippen LogP contribution in [-0.4, -0.2) is 42.4 Å². The minimum atomic E-state index is -1.28. The van der Waals surface area contributed by atoms with Crippen LogP contribution in [0.15, 0.2) is 35.7 Å². The number of thiazole rings is 1. The molecule has 0 unspecified atom stereocenters. The summed E-state index contributed by atoms with van der Waals surface area (Å²) in [7, 11) is 1.37. The molecule has 1 saturated heterocycles. The van der Waals surface area contributed by atoms with Crippen LogP contribution in [0.4, 0.5) is 9.93 Å². The Hall–Kier alpha value is -3.27. The molecule has 29 heavy (non-hydrogen) atoms. The lowest BCUT2D eigenvalue weighted by Gasteiger charge is -2.17. The smallest absolute Gasteiger partial charge is 0.321 e. The number of nitrogens with zero attached hydrogens (tertiary/aromatic N) is 2. The lowest BCUT2D eigenvalue weighted by Crippen LogP contribution is -2.41. The average molecular weight is 416 g/mol. The molecule has 152 valence electrons. The summed E-state index contributed by atoms with van der Waals surface area (Å²) >= 11 is 1.28. The highest BCUT2D eigenvalue weighted by atomic mass is 32.1. The first-order valence-corrected chi connectivity index (χ1v) is 9.87. The van der Waals surface area contributed by atoms with Gasteiger partial charge < -0.3 is 10.1 Å². The Morgan fingerprint density at radius 1 is 1.28 bits per heavy atom. The van der Waals surface area contributed by atoms with E-state index in [0.717, 1.165) is 6.42 Å². The molecule has 0 spiro atoms. The number of rotatable bonds is 6. The number of urea groups is 1. The molecule has 0 aliphatic carbocycles. The molecule has 1 aliphatic heterocycles. The van der Waals surface area contributed by atoms with Crippen molar-refractivity contribution in [3.8, 4) is 0 Å². The lowest BCUT2D eigenvalue weighted by molar-refractivity contribution is -0.155. The number of nitrogens with one attached hydrogen (secondary N) is 2. The number of hydrogen-bond acceptors (Lipinski definition) is 7. The normalized spacial score (nSPS) is 14.4. The van der Waals surface area contributed by atoms with E-state index in [4.69, 9.17) is 4.74 Å². The summed E-state index contributed by atoms with van der Waals surface area (Å²) in [5, 5.41) is 6.63. The fourth-order valence-corrected chi connectivity index (χ4v) is 3.68. The molecule has 2 N–H and O–H groups in total. The molecule has 2 aromatic rings. The molecule has 1 atom stereocenters. The number of imide groups is 1. The van der Waals surface area contributed by atoms with Gasteiger partial charge in [-0.15, -0.1) is 11.3 Å². The number of carbonyl (C=O) groups excluding carboxylic acids is 4. The molecule has 3 rings (SSSR count). The number of ether oxygens (including phenoxy) is 1. The Morgan fingerprint density at radius 3 is 2.69 bits per heavy atom. The third-order valence-electron chi connectivity index (χ3n) is 4.22. The van der Waals surface area contributed by atoms with Crippen molar-refractivity contribution in [2.75, 3.05) is 18.5 Å². The molecule has 9 nitrogen and oxygen atoms in total. The zero-order valence-corrected chi connectivity index (χ0v) is 16.5. The van der Waals surface area contributed by atoms with E-state index in [9.17, 15) is 19.2 Å². The van der Waals surface area contributed by atoms with Crippen LogP contribution in [-0.2, 0) is 25.5 Å². The molecular formula is C19H20N4O5S. The van der Waals surface area contributed by atoms with E-state index in [1.807, 2.05) is 0 Å². The van der Waals surface area contributed by atoms with E-state index in [-0.39, 0.29) is 12.3 Å². The molecule has 10 heteroatoms. The van der Waals surface area contributed by atoms with Crippen molar-refractivity contribution in [2.24, 2.45) is 0 Å². The summed E-state index contributed by atoms with van der Waals surface area (Å²) in [5.41, 5.74) is 0.886. The van der Waals surface area contributed by atoms with Crippen LogP contribution in [0.2, 0.25) is 0 Å². The highest BCUT2D eigenvalue weighted by Gasteiger charge is 2.28. The first kappa shape index (κ1) is 20.5. The molecule has 4 amide bonds. The number of esters is 1. The van der Waals surface area contributed by atoms with E-state index >= 15 is 0 Å². The quantitative estimate of drug-likeness (QED) is 0.690. The molecule has 1 aliphatic rings. The van der Waals surface area contributed by atoms with Crippen molar-refractivity contribution in [2.45, 2.75) is 25.4 Å². The summed E-state index contributed by atoms with van der Waals surface area (Å²) in [4.78, 5) is 54.1. The van der Waals surface area contributed by atoms with Crippen LogP contribution in [0.25, 0.3) is 0 Å². The predicted molar refractivity (Wildman–Crippen MR) is 105 cm³/mol. The largest absolute Gasteiger partial charge is 0.447 e. The number of amides is 4. The summed E-state index contributed by atoms with van der Waals surface area (Å²) in [5.74, 6) is -1.41. The molecule has 0 radical (unpaired) electrons. The number of hydrogen-bond donors (Lipinski definition) is 2. The average Bonchev–Trinajstić information content (AvgIpc) is 3.35. The van der Waals surface area contributed by atoms with Gasteiger partial charge >= 0.3 is 12.0 Å². The summed E-state index contributed by atoms with van der Waals surface area (Å²) < 4.78 is 5.36. The zero-order chi connectivity index (χ0) is 20.8. The fraction of sp³-hybridized carbons (Fsp3) is 0.316. The number of benzene rings is 1. The maximum atomic E-state index is 12.4. The van der Waals surface area contributed by atoms with Gasteiger partial charge in [0.25, 0.3) is 5.91 Å². The van der Waals surface area contributed by atoms with Gasteiger partial charge in [-0.25, -0.2) is 9.78 Å². The van der Waals surface area contributed by atoms with Crippen LogP contribution in [0.3, 0.4) is 0 Å². The van der Waals surface area contributed by atoms with Crippen molar-refractivity contribution < 1.29 is 23.9 Å². The summed E-state index contributed by atoms with van der Waals surface area (Å²) in [6, 6.07) is 7.70. The van der Waals surface area contributed by atoms with Gasteiger partial charge in [-0.05, 0) is 6.42 Å². The molecule has 1 aromatic carbocycles. The lowest BCUT2D eigenvalue weighted by atomic mass is 10.1. The van der Waals surface area contributed by atoms with Gasteiger partial charge in [0, 0.05) is 31.0 Å². The highest BCUT2D eigenvalue weighted by Crippen LogP contribution is 2.26. The van der Waals surface area contributed by atoms with Crippen molar-refractivity contribution in [3.05, 3.63) is 47.0 Å². The van der Waals surface area contributed by atoms with Gasteiger partial charge in [0.2, 0.25) is 12.0 Å². The summed E-state index contributed by atoms with van der Waals surface area (Å²) in [6.45, 7) is 0.617. The second-order valence-corrected chi connectivity index (χ2v) is 7.13. The van der Waals surface area contributed by atoms with Crippen LogP contribution in [0.1, 0.15) is 30.2 Å². The van der Waals surface area contributed by atoms with Gasteiger partial charge in [-0.3, -0.25) is 24.6 Å². The molecule has 0 bridgehead atoms. The van der Waals surface area contributed by atoms with E-state index in [1.165, 1.54) is 18.4 Å². The van der Waals surface area contributed by atoms with Gasteiger partial charge in [0.05, 0.1) is 12.1 Å². The van der Waals surface area contributed by atoms with Crippen molar-refractivity contribution in [3.63, 3.8) is 0 Å². The third-order valence-corrected chi connectivity index (χ3v) is 5.14. The zero-order valence-electron chi connectivity index (χ0n) is 15.7. The van der Waals surface area contributed by atoms with Crippen LogP contribution in [0.5, 0.6) is 0 Å².